The molecule has 1 fully saturated rings. The fourth-order valence-corrected chi connectivity index (χ4v) is 2.65. The van der Waals surface area contributed by atoms with E-state index in [0.717, 1.165) is 24.8 Å². The lowest BCUT2D eigenvalue weighted by Gasteiger charge is -2.22. The van der Waals surface area contributed by atoms with Gasteiger partial charge in [0.1, 0.15) is 5.75 Å². The van der Waals surface area contributed by atoms with Gasteiger partial charge in [-0.2, -0.15) is 8.78 Å². The van der Waals surface area contributed by atoms with Gasteiger partial charge >= 0.3 is 6.61 Å². The van der Waals surface area contributed by atoms with Gasteiger partial charge in [0.2, 0.25) is 0 Å². The zero-order valence-electron chi connectivity index (χ0n) is 11.0. The van der Waals surface area contributed by atoms with Gasteiger partial charge in [0.05, 0.1) is 0 Å². The second kappa shape index (κ2) is 6.30. The molecule has 3 nitrogen and oxygen atoms in total. The van der Waals surface area contributed by atoms with Gasteiger partial charge in [0.25, 0.3) is 0 Å². The number of nitrogens with two attached hydrogens (primary N) is 1. The van der Waals surface area contributed by atoms with Crippen LogP contribution < -0.4 is 15.8 Å². The molecular formula is C14H20F2N2O. The number of nitrogens with one attached hydrogen (secondary N) is 1. The average molecular weight is 270 g/mol. The summed E-state index contributed by atoms with van der Waals surface area (Å²) in [5.41, 5.74) is 6.62. The van der Waals surface area contributed by atoms with Crippen LogP contribution in [0.2, 0.25) is 0 Å². The van der Waals surface area contributed by atoms with Crippen molar-refractivity contribution < 1.29 is 13.5 Å². The molecule has 1 aliphatic carbocycles. The maximum atomic E-state index is 12.4. The zero-order valence-corrected chi connectivity index (χ0v) is 11.0. The minimum absolute atomic E-state index is 0.0368. The third-order valence-corrected chi connectivity index (χ3v) is 3.56. The molecule has 0 aliphatic heterocycles. The van der Waals surface area contributed by atoms with Crippen LogP contribution >= 0.6 is 0 Å². The molecule has 5 heteroatoms. The fraction of sp³-hybridized carbons (Fsp3) is 0.571. The highest BCUT2D eigenvalue weighted by Crippen LogP contribution is 2.28. The standard InChI is InChI=1S/C14H20F2N2O/c1-9(18-11-7-6-10(17)8-11)12-4-2-3-5-13(12)19-14(15)16/h2-5,9-11,14,18H,6-8,17H2,1H3. The quantitative estimate of drug-likeness (QED) is 0.865. The monoisotopic (exact) mass is 270 g/mol. The summed E-state index contributed by atoms with van der Waals surface area (Å²) in [7, 11) is 0. The van der Waals surface area contributed by atoms with Gasteiger partial charge in [-0.15, -0.1) is 0 Å². The smallest absolute Gasteiger partial charge is 0.387 e. The molecule has 106 valence electrons. The number of alkyl halides is 2. The maximum absolute atomic E-state index is 12.4. The molecule has 0 aromatic heterocycles. The number of para-hydroxylation sites is 1. The van der Waals surface area contributed by atoms with E-state index in [2.05, 4.69) is 10.1 Å². The molecule has 1 aromatic carbocycles. The molecule has 1 aromatic rings. The van der Waals surface area contributed by atoms with Crippen molar-refractivity contribution in [3.63, 3.8) is 0 Å². The molecular weight excluding hydrogens is 250 g/mol. The minimum Gasteiger partial charge on any atom is -0.434 e. The second-order valence-corrected chi connectivity index (χ2v) is 5.07. The van der Waals surface area contributed by atoms with E-state index in [4.69, 9.17) is 5.73 Å². The Morgan fingerprint density at radius 3 is 2.68 bits per heavy atom. The Labute approximate surface area is 112 Å². The van der Waals surface area contributed by atoms with Gasteiger partial charge < -0.3 is 15.8 Å². The molecule has 3 unspecified atom stereocenters. The second-order valence-electron chi connectivity index (χ2n) is 5.07. The maximum Gasteiger partial charge on any atom is 0.387 e. The van der Waals surface area contributed by atoms with Gasteiger partial charge in [-0.25, -0.2) is 0 Å². The highest BCUT2D eigenvalue weighted by atomic mass is 19.3. The molecule has 0 radical (unpaired) electrons. The van der Waals surface area contributed by atoms with E-state index in [-0.39, 0.29) is 17.8 Å². The summed E-state index contributed by atoms with van der Waals surface area (Å²) in [4.78, 5) is 0. The first-order valence-corrected chi connectivity index (χ1v) is 6.61. The molecule has 0 bridgehead atoms. The first-order chi connectivity index (χ1) is 9.06. The highest BCUT2D eigenvalue weighted by molar-refractivity contribution is 5.35. The third kappa shape index (κ3) is 3.88. The van der Waals surface area contributed by atoms with Crippen LogP contribution in [0.5, 0.6) is 5.75 Å². The van der Waals surface area contributed by atoms with Gasteiger partial charge in [-0.3, -0.25) is 0 Å². The van der Waals surface area contributed by atoms with Crippen LogP contribution in [0.1, 0.15) is 37.8 Å². The Balaban J connectivity index is 2.03. The van der Waals surface area contributed by atoms with E-state index in [1.54, 1.807) is 12.1 Å². The lowest BCUT2D eigenvalue weighted by atomic mass is 10.1. The summed E-state index contributed by atoms with van der Waals surface area (Å²) in [5.74, 6) is 0.236. The van der Waals surface area contributed by atoms with Crippen LogP contribution in [0.25, 0.3) is 0 Å². The molecule has 2 rings (SSSR count). The summed E-state index contributed by atoms with van der Waals surface area (Å²) in [6, 6.07) is 7.46. The average Bonchev–Trinajstić information content (AvgIpc) is 2.74. The number of hydrogen-bond acceptors (Lipinski definition) is 3. The largest absolute Gasteiger partial charge is 0.434 e. The zero-order chi connectivity index (χ0) is 13.8. The summed E-state index contributed by atoms with van der Waals surface area (Å²) in [6.07, 6.45) is 2.98. The van der Waals surface area contributed by atoms with E-state index in [1.807, 2.05) is 19.1 Å². The summed E-state index contributed by atoms with van der Waals surface area (Å²) < 4.78 is 29.3. The Kier molecular flexibility index (Phi) is 4.71. The summed E-state index contributed by atoms with van der Waals surface area (Å²) >= 11 is 0. The highest BCUT2D eigenvalue weighted by Gasteiger charge is 2.24. The van der Waals surface area contributed by atoms with Crippen molar-refractivity contribution in [2.45, 2.75) is 50.9 Å². The Morgan fingerprint density at radius 1 is 1.32 bits per heavy atom. The van der Waals surface area contributed by atoms with Crippen molar-refractivity contribution in [1.82, 2.24) is 5.32 Å². The van der Waals surface area contributed by atoms with Crippen LogP contribution in [0.3, 0.4) is 0 Å². The van der Waals surface area contributed by atoms with Crippen LogP contribution in [0.15, 0.2) is 24.3 Å². The van der Waals surface area contributed by atoms with Crippen LogP contribution in [0, 0.1) is 0 Å². The normalized spacial score (nSPS) is 24.7. The van der Waals surface area contributed by atoms with Crippen molar-refractivity contribution in [3.05, 3.63) is 29.8 Å². The SMILES string of the molecule is CC(NC1CCC(N)C1)c1ccccc1OC(F)F. The summed E-state index contributed by atoms with van der Waals surface area (Å²) in [5, 5.41) is 3.43. The number of ether oxygens (including phenoxy) is 1. The molecule has 0 amide bonds. The lowest BCUT2D eigenvalue weighted by molar-refractivity contribution is -0.0506. The van der Waals surface area contributed by atoms with Crippen molar-refractivity contribution in [2.75, 3.05) is 0 Å². The van der Waals surface area contributed by atoms with Crippen molar-refractivity contribution >= 4 is 0 Å². The number of halogens is 2. The lowest BCUT2D eigenvalue weighted by Crippen LogP contribution is -2.31. The molecule has 3 N–H and O–H groups in total. The fourth-order valence-electron chi connectivity index (χ4n) is 2.65. The van der Waals surface area contributed by atoms with Crippen LogP contribution in [-0.2, 0) is 0 Å². The van der Waals surface area contributed by atoms with E-state index >= 15 is 0 Å². The number of hydrogen-bond donors (Lipinski definition) is 2. The van der Waals surface area contributed by atoms with Crippen molar-refractivity contribution in [2.24, 2.45) is 5.73 Å². The van der Waals surface area contributed by atoms with Crippen molar-refractivity contribution in [1.29, 1.82) is 0 Å². The first kappa shape index (κ1) is 14.2. The molecule has 0 saturated heterocycles. The first-order valence-electron chi connectivity index (χ1n) is 6.61. The van der Waals surface area contributed by atoms with Gasteiger partial charge in [0.15, 0.2) is 0 Å². The Hall–Kier alpha value is -1.20. The van der Waals surface area contributed by atoms with E-state index < -0.39 is 6.61 Å². The summed E-state index contributed by atoms with van der Waals surface area (Å²) in [6.45, 7) is -0.842. The Morgan fingerprint density at radius 2 is 2.05 bits per heavy atom. The van der Waals surface area contributed by atoms with E-state index in [0.29, 0.717) is 6.04 Å². The van der Waals surface area contributed by atoms with Crippen LogP contribution in [-0.4, -0.2) is 18.7 Å². The van der Waals surface area contributed by atoms with Crippen molar-refractivity contribution in [3.8, 4) is 5.75 Å². The third-order valence-electron chi connectivity index (χ3n) is 3.56. The topological polar surface area (TPSA) is 47.3 Å². The number of benzene rings is 1. The van der Waals surface area contributed by atoms with Gasteiger partial charge in [-0.05, 0) is 32.3 Å². The van der Waals surface area contributed by atoms with Gasteiger partial charge in [-0.1, -0.05) is 18.2 Å². The van der Waals surface area contributed by atoms with Crippen LogP contribution in [0.4, 0.5) is 8.78 Å². The minimum atomic E-state index is -2.80. The molecule has 1 saturated carbocycles. The number of rotatable bonds is 5. The molecule has 0 spiro atoms. The van der Waals surface area contributed by atoms with E-state index in [9.17, 15) is 8.78 Å². The predicted octanol–water partition coefficient (Wildman–Crippen LogP) is 2.82. The molecule has 0 heterocycles. The predicted molar refractivity (Wildman–Crippen MR) is 70.2 cm³/mol. The molecule has 3 atom stereocenters. The van der Waals surface area contributed by atoms with E-state index in [1.165, 1.54) is 0 Å². The molecule has 1 aliphatic rings. The van der Waals surface area contributed by atoms with Gasteiger partial charge in [0, 0.05) is 23.7 Å². The Bertz CT molecular complexity index is 414. The molecule has 19 heavy (non-hydrogen) atoms.